The molecule has 1 N–H and O–H groups in total. The first-order valence-electron chi connectivity index (χ1n) is 9.45. The van der Waals surface area contributed by atoms with Crippen LogP contribution in [0.5, 0.6) is 5.75 Å². The Morgan fingerprint density at radius 2 is 1.85 bits per heavy atom. The topological polar surface area (TPSA) is 58.6 Å². The van der Waals surface area contributed by atoms with Crippen LogP contribution in [-0.2, 0) is 9.59 Å². The Morgan fingerprint density at radius 3 is 2.59 bits per heavy atom. The molecule has 1 unspecified atom stereocenters. The minimum Gasteiger partial charge on any atom is -0.493 e. The fraction of sp³-hybridized carbons (Fsp3) is 0.364. The first kappa shape index (κ1) is 19.0. The normalized spacial score (nSPS) is 16.6. The van der Waals surface area contributed by atoms with Crippen LogP contribution in [0, 0.1) is 12.8 Å². The number of nitrogens with one attached hydrogen (secondary N) is 1. The highest BCUT2D eigenvalue weighted by Gasteiger charge is 2.28. The number of benzene rings is 2. The summed E-state index contributed by atoms with van der Waals surface area (Å²) in [7, 11) is 0. The van der Waals surface area contributed by atoms with Crippen molar-refractivity contribution in [3.05, 3.63) is 60.2 Å². The van der Waals surface area contributed by atoms with Crippen molar-refractivity contribution in [3.8, 4) is 5.75 Å². The van der Waals surface area contributed by atoms with Gasteiger partial charge in [0.05, 0.1) is 18.9 Å². The number of piperidine rings is 1. The van der Waals surface area contributed by atoms with Crippen LogP contribution in [0.15, 0.2) is 54.6 Å². The quantitative estimate of drug-likeness (QED) is 0.849. The number of nitrogens with zero attached hydrogens (tertiary/aromatic N) is 1. The predicted molar refractivity (Wildman–Crippen MR) is 106 cm³/mol. The zero-order chi connectivity index (χ0) is 19.1. The minimum atomic E-state index is -0.168. The van der Waals surface area contributed by atoms with E-state index in [0.717, 1.165) is 29.8 Å². The molecule has 1 saturated heterocycles. The van der Waals surface area contributed by atoms with Crippen molar-refractivity contribution in [2.24, 2.45) is 5.92 Å². The molecule has 1 atom stereocenters. The van der Waals surface area contributed by atoms with Crippen molar-refractivity contribution in [2.75, 3.05) is 25.0 Å². The zero-order valence-electron chi connectivity index (χ0n) is 15.7. The fourth-order valence-corrected chi connectivity index (χ4v) is 3.23. The lowest BCUT2D eigenvalue weighted by atomic mass is 9.96. The Balaban J connectivity index is 1.47. The summed E-state index contributed by atoms with van der Waals surface area (Å²) in [5, 5.41) is 2.96. The number of ether oxygens (including phenoxy) is 1. The van der Waals surface area contributed by atoms with Gasteiger partial charge in [0, 0.05) is 18.8 Å². The van der Waals surface area contributed by atoms with Crippen LogP contribution >= 0.6 is 0 Å². The Bertz CT molecular complexity index is 759. The largest absolute Gasteiger partial charge is 0.493 e. The predicted octanol–water partition coefficient (Wildman–Crippen LogP) is 3.64. The van der Waals surface area contributed by atoms with E-state index in [0.29, 0.717) is 26.1 Å². The molecule has 1 heterocycles. The van der Waals surface area contributed by atoms with Gasteiger partial charge in [-0.1, -0.05) is 35.9 Å². The summed E-state index contributed by atoms with van der Waals surface area (Å²) in [6.45, 7) is 3.54. The van der Waals surface area contributed by atoms with Crippen LogP contribution in [-0.4, -0.2) is 36.4 Å². The van der Waals surface area contributed by atoms with E-state index in [1.165, 1.54) is 0 Å². The van der Waals surface area contributed by atoms with E-state index < -0.39 is 0 Å². The van der Waals surface area contributed by atoms with Gasteiger partial charge in [0.15, 0.2) is 0 Å². The van der Waals surface area contributed by atoms with Crippen molar-refractivity contribution < 1.29 is 14.3 Å². The van der Waals surface area contributed by atoms with Gasteiger partial charge in [0.1, 0.15) is 5.75 Å². The van der Waals surface area contributed by atoms with Crippen molar-refractivity contribution in [1.29, 1.82) is 0 Å². The smallest absolute Gasteiger partial charge is 0.229 e. The second-order valence-electron chi connectivity index (χ2n) is 6.95. The van der Waals surface area contributed by atoms with Gasteiger partial charge in [-0.3, -0.25) is 9.59 Å². The Labute approximate surface area is 160 Å². The number of carbonyl (C=O) groups is 2. The van der Waals surface area contributed by atoms with Crippen molar-refractivity contribution in [2.45, 2.75) is 26.2 Å². The Kier molecular flexibility index (Phi) is 6.47. The van der Waals surface area contributed by atoms with E-state index in [1.54, 1.807) is 4.90 Å². The molecular formula is C22H26N2O3. The number of hydrogen-bond donors (Lipinski definition) is 1. The number of rotatable bonds is 6. The Morgan fingerprint density at radius 1 is 1.11 bits per heavy atom. The van der Waals surface area contributed by atoms with E-state index in [-0.39, 0.29) is 17.7 Å². The van der Waals surface area contributed by atoms with Crippen LogP contribution in [0.1, 0.15) is 24.8 Å². The average molecular weight is 366 g/mol. The number of aryl methyl sites for hydroxylation is 1. The molecule has 0 saturated carbocycles. The lowest BCUT2D eigenvalue weighted by Gasteiger charge is -2.32. The van der Waals surface area contributed by atoms with Gasteiger partial charge in [-0.15, -0.1) is 0 Å². The summed E-state index contributed by atoms with van der Waals surface area (Å²) in [6.07, 6.45) is 1.97. The summed E-state index contributed by atoms with van der Waals surface area (Å²) in [6, 6.07) is 17.2. The molecule has 1 aliphatic rings. The highest BCUT2D eigenvalue weighted by Crippen LogP contribution is 2.20. The molecule has 27 heavy (non-hydrogen) atoms. The summed E-state index contributed by atoms with van der Waals surface area (Å²) >= 11 is 0. The third kappa shape index (κ3) is 5.58. The second-order valence-corrected chi connectivity index (χ2v) is 6.95. The van der Waals surface area contributed by atoms with Crippen molar-refractivity contribution >= 4 is 17.5 Å². The molecule has 5 nitrogen and oxygen atoms in total. The van der Waals surface area contributed by atoms with Crippen LogP contribution in [0.3, 0.4) is 0 Å². The molecule has 2 aromatic carbocycles. The molecule has 2 aromatic rings. The van der Waals surface area contributed by atoms with Gasteiger partial charge in [-0.2, -0.15) is 0 Å². The molecule has 5 heteroatoms. The van der Waals surface area contributed by atoms with Crippen LogP contribution in [0.25, 0.3) is 0 Å². The van der Waals surface area contributed by atoms with Crippen LogP contribution < -0.4 is 10.1 Å². The average Bonchev–Trinajstić information content (AvgIpc) is 2.70. The SMILES string of the molecule is Cc1ccc(NC(=O)C2CCCN(C(=O)CCOc3ccccc3)C2)cc1. The number of para-hydroxylation sites is 1. The molecule has 1 aliphatic heterocycles. The van der Waals surface area contributed by atoms with Crippen molar-refractivity contribution in [3.63, 3.8) is 0 Å². The van der Waals surface area contributed by atoms with E-state index >= 15 is 0 Å². The summed E-state index contributed by atoms with van der Waals surface area (Å²) in [4.78, 5) is 26.8. The maximum absolute atomic E-state index is 12.5. The fourth-order valence-electron chi connectivity index (χ4n) is 3.23. The Hall–Kier alpha value is -2.82. The number of anilines is 1. The number of amides is 2. The highest BCUT2D eigenvalue weighted by molar-refractivity contribution is 5.93. The monoisotopic (exact) mass is 366 g/mol. The van der Waals surface area contributed by atoms with E-state index in [9.17, 15) is 9.59 Å². The summed E-state index contributed by atoms with van der Waals surface area (Å²) in [5.41, 5.74) is 1.95. The van der Waals surface area contributed by atoms with Gasteiger partial charge in [0.25, 0.3) is 0 Å². The molecule has 0 spiro atoms. The van der Waals surface area contributed by atoms with E-state index in [4.69, 9.17) is 4.74 Å². The molecule has 2 amide bonds. The molecule has 1 fully saturated rings. The lowest BCUT2D eigenvalue weighted by Crippen LogP contribution is -2.44. The van der Waals surface area contributed by atoms with Crippen LogP contribution in [0.4, 0.5) is 5.69 Å². The molecule has 0 aromatic heterocycles. The molecule has 0 radical (unpaired) electrons. The van der Waals surface area contributed by atoms with Gasteiger partial charge < -0.3 is 15.0 Å². The third-order valence-electron chi connectivity index (χ3n) is 4.79. The summed E-state index contributed by atoms with van der Waals surface area (Å²) < 4.78 is 5.60. The first-order valence-corrected chi connectivity index (χ1v) is 9.45. The van der Waals surface area contributed by atoms with Gasteiger partial charge in [-0.25, -0.2) is 0 Å². The van der Waals surface area contributed by atoms with E-state index in [1.807, 2.05) is 61.5 Å². The number of hydrogen-bond acceptors (Lipinski definition) is 3. The molecular weight excluding hydrogens is 340 g/mol. The maximum Gasteiger partial charge on any atom is 0.229 e. The molecule has 3 rings (SSSR count). The van der Waals surface area contributed by atoms with Gasteiger partial charge in [-0.05, 0) is 44.0 Å². The number of carbonyl (C=O) groups excluding carboxylic acids is 2. The molecule has 142 valence electrons. The lowest BCUT2D eigenvalue weighted by molar-refractivity contribution is -0.135. The highest BCUT2D eigenvalue weighted by atomic mass is 16.5. The van der Waals surface area contributed by atoms with Gasteiger partial charge in [0.2, 0.25) is 11.8 Å². The first-order chi connectivity index (χ1) is 13.1. The molecule has 0 aliphatic carbocycles. The molecule has 0 bridgehead atoms. The van der Waals surface area contributed by atoms with Crippen molar-refractivity contribution in [1.82, 2.24) is 4.90 Å². The van der Waals surface area contributed by atoms with Crippen LogP contribution in [0.2, 0.25) is 0 Å². The summed E-state index contributed by atoms with van der Waals surface area (Å²) in [5.74, 6) is 0.619. The van der Waals surface area contributed by atoms with E-state index in [2.05, 4.69) is 5.32 Å². The minimum absolute atomic E-state index is 0.0168. The van der Waals surface area contributed by atoms with Gasteiger partial charge >= 0.3 is 0 Å². The number of likely N-dealkylation sites (tertiary alicyclic amines) is 1. The maximum atomic E-state index is 12.5. The zero-order valence-corrected chi connectivity index (χ0v) is 15.7. The third-order valence-corrected chi connectivity index (χ3v) is 4.79. The standard InChI is InChI=1S/C22H26N2O3/c1-17-9-11-19(12-10-17)23-22(26)18-6-5-14-24(16-18)21(25)13-15-27-20-7-3-2-4-8-20/h2-4,7-12,18H,5-6,13-16H2,1H3,(H,23,26). The second kappa shape index (κ2) is 9.21.